The molecule has 0 saturated carbocycles. The number of nitrogens with zero attached hydrogens (tertiary/aromatic N) is 1. The Hall–Kier alpha value is -2.11. The van der Waals surface area contributed by atoms with E-state index < -0.39 is 6.10 Å². The molecular weight excluding hydrogens is 366 g/mol. The monoisotopic (exact) mass is 403 g/mol. The molecule has 0 aliphatic rings. The number of carbonyl (C=O) groups excluding carboxylic acids is 1. The first kappa shape index (κ1) is 24.9. The molecule has 0 aliphatic heterocycles. The Morgan fingerprint density at radius 2 is 1.76 bits per heavy atom. The number of hydrogen-bond acceptors (Lipinski definition) is 4. The average Bonchev–Trinajstić information content (AvgIpc) is 2.66. The Balaban J connectivity index is 2.54. The molecule has 0 heterocycles. The lowest BCUT2D eigenvalue weighted by atomic mass is 9.98. The fraction of sp³-hybridized carbons (Fsp3) is 0.542. The summed E-state index contributed by atoms with van der Waals surface area (Å²) >= 11 is 0. The smallest absolute Gasteiger partial charge is 0.415 e. The number of ether oxygens (including phenoxy) is 2. The Morgan fingerprint density at radius 3 is 2.31 bits per heavy atom. The van der Waals surface area contributed by atoms with Gasteiger partial charge in [-0.2, -0.15) is 0 Å². The highest BCUT2D eigenvalue weighted by molar-refractivity contribution is 5.68. The van der Waals surface area contributed by atoms with Gasteiger partial charge in [-0.15, -0.1) is 6.58 Å². The van der Waals surface area contributed by atoms with Crippen LogP contribution in [0.3, 0.4) is 0 Å². The lowest BCUT2D eigenvalue weighted by Gasteiger charge is -2.29. The van der Waals surface area contributed by atoms with Crippen LogP contribution < -0.4 is 0 Å². The Kier molecular flexibility index (Phi) is 11.3. The van der Waals surface area contributed by atoms with Gasteiger partial charge in [-0.05, 0) is 45.8 Å². The number of aliphatic hydroxyl groups is 1. The number of rotatable bonds is 12. The third-order valence-corrected chi connectivity index (χ3v) is 4.74. The Bertz CT molecular complexity index is 619. The number of hydrogen-bond donors (Lipinski definition) is 1. The molecule has 162 valence electrons. The molecule has 0 fully saturated rings. The van der Waals surface area contributed by atoms with Crippen LogP contribution in [-0.4, -0.2) is 40.4 Å². The Morgan fingerprint density at radius 1 is 1.14 bits per heavy atom. The molecule has 1 N–H and O–H groups in total. The minimum atomic E-state index is -0.614. The summed E-state index contributed by atoms with van der Waals surface area (Å²) in [7, 11) is 0. The van der Waals surface area contributed by atoms with Crippen molar-refractivity contribution in [1.82, 2.24) is 4.90 Å². The van der Waals surface area contributed by atoms with Crippen molar-refractivity contribution >= 4 is 6.09 Å². The van der Waals surface area contributed by atoms with Gasteiger partial charge in [-0.1, -0.05) is 43.3 Å². The maximum absolute atomic E-state index is 12.2. The van der Waals surface area contributed by atoms with E-state index in [1.807, 2.05) is 65.0 Å². The van der Waals surface area contributed by atoms with Gasteiger partial charge in [0.25, 0.3) is 0 Å². The maximum Gasteiger partial charge on any atom is 0.415 e. The van der Waals surface area contributed by atoms with Gasteiger partial charge in [0, 0.05) is 24.4 Å². The summed E-state index contributed by atoms with van der Waals surface area (Å²) < 4.78 is 11.2. The first-order valence-corrected chi connectivity index (χ1v) is 10.4. The molecule has 1 amide bonds. The van der Waals surface area contributed by atoms with Crippen LogP contribution in [0.15, 0.2) is 55.3 Å². The van der Waals surface area contributed by atoms with Crippen LogP contribution in [0.5, 0.6) is 0 Å². The zero-order valence-electron chi connectivity index (χ0n) is 18.5. The summed E-state index contributed by atoms with van der Waals surface area (Å²) in [6.07, 6.45) is 4.90. The third-order valence-electron chi connectivity index (χ3n) is 4.74. The predicted molar refractivity (Wildman–Crippen MR) is 117 cm³/mol. The molecule has 5 heteroatoms. The molecule has 1 rings (SSSR count). The third kappa shape index (κ3) is 9.29. The van der Waals surface area contributed by atoms with Crippen LogP contribution in [0.4, 0.5) is 4.79 Å². The van der Waals surface area contributed by atoms with Crippen LogP contribution in [0.25, 0.3) is 0 Å². The van der Waals surface area contributed by atoms with Gasteiger partial charge in [0.1, 0.15) is 0 Å². The minimum absolute atomic E-state index is 0.0559. The van der Waals surface area contributed by atoms with E-state index in [2.05, 4.69) is 6.58 Å². The van der Waals surface area contributed by atoms with Gasteiger partial charge in [0.2, 0.25) is 0 Å². The largest absolute Gasteiger partial charge is 0.418 e. The highest BCUT2D eigenvalue weighted by atomic mass is 16.5. The lowest BCUT2D eigenvalue weighted by molar-refractivity contribution is -0.00264. The first-order valence-electron chi connectivity index (χ1n) is 10.4. The van der Waals surface area contributed by atoms with E-state index in [9.17, 15) is 9.90 Å². The summed E-state index contributed by atoms with van der Waals surface area (Å²) in [5, 5.41) is 10.5. The number of amides is 1. The van der Waals surface area contributed by atoms with E-state index in [-0.39, 0.29) is 30.2 Å². The molecule has 1 aromatic carbocycles. The predicted octanol–water partition coefficient (Wildman–Crippen LogP) is 5.30. The van der Waals surface area contributed by atoms with Gasteiger partial charge in [-0.25, -0.2) is 4.79 Å². The van der Waals surface area contributed by atoms with Crippen LogP contribution >= 0.6 is 0 Å². The van der Waals surface area contributed by atoms with Gasteiger partial charge >= 0.3 is 6.09 Å². The maximum atomic E-state index is 12.2. The highest BCUT2D eigenvalue weighted by Gasteiger charge is 2.22. The van der Waals surface area contributed by atoms with Crippen molar-refractivity contribution in [2.45, 2.75) is 78.4 Å². The van der Waals surface area contributed by atoms with Crippen molar-refractivity contribution < 1.29 is 19.4 Å². The van der Waals surface area contributed by atoms with Crippen molar-refractivity contribution in [2.75, 3.05) is 0 Å². The van der Waals surface area contributed by atoms with Crippen molar-refractivity contribution in [1.29, 1.82) is 0 Å². The topological polar surface area (TPSA) is 59.0 Å². The molecule has 29 heavy (non-hydrogen) atoms. The first-order chi connectivity index (χ1) is 13.8. The molecule has 0 radical (unpaired) electrons. The second kappa shape index (κ2) is 13.2. The van der Waals surface area contributed by atoms with Gasteiger partial charge in [0.15, 0.2) is 0 Å². The summed E-state index contributed by atoms with van der Waals surface area (Å²) in [6, 6.07) is 10.1. The van der Waals surface area contributed by atoms with Gasteiger partial charge in [-0.3, -0.25) is 0 Å². The SMILES string of the molecule is C=CC[C@H](C[C@H](O)[C@H](C)/C=C\OC(=O)N(C(C)C)C(C)C)OCc1ccccc1. The fourth-order valence-electron chi connectivity index (χ4n) is 3.12. The number of carbonyl (C=O) groups is 1. The molecule has 5 nitrogen and oxygen atoms in total. The highest BCUT2D eigenvalue weighted by Crippen LogP contribution is 2.17. The van der Waals surface area contributed by atoms with Crippen molar-refractivity contribution in [2.24, 2.45) is 5.92 Å². The molecule has 0 bridgehead atoms. The number of aliphatic hydroxyl groups excluding tert-OH is 1. The van der Waals surface area contributed by atoms with E-state index in [1.165, 1.54) is 6.26 Å². The molecule has 3 atom stereocenters. The lowest BCUT2D eigenvalue weighted by Crippen LogP contribution is -2.41. The summed E-state index contributed by atoms with van der Waals surface area (Å²) in [4.78, 5) is 13.9. The van der Waals surface area contributed by atoms with E-state index in [4.69, 9.17) is 9.47 Å². The van der Waals surface area contributed by atoms with Crippen molar-refractivity contribution in [3.05, 3.63) is 60.9 Å². The normalized spacial score (nSPS) is 14.8. The molecule has 1 aromatic rings. The van der Waals surface area contributed by atoms with E-state index in [0.717, 1.165) is 5.56 Å². The molecule has 0 saturated heterocycles. The van der Waals surface area contributed by atoms with Crippen LogP contribution in [0.1, 0.15) is 53.0 Å². The molecule has 0 spiro atoms. The van der Waals surface area contributed by atoms with Crippen LogP contribution in [0.2, 0.25) is 0 Å². The molecule has 0 unspecified atom stereocenters. The standard InChI is InChI=1S/C24H37NO4/c1-7-11-22(29-17-21-12-9-8-10-13-21)16-23(26)20(6)14-15-28-24(27)25(18(2)3)19(4)5/h7-10,12-15,18-20,22-23,26H,1,11,16-17H2,2-6H3/b15-14-/t20-,22-,23+/m1/s1. The van der Waals surface area contributed by atoms with E-state index in [1.54, 1.807) is 17.1 Å². The summed E-state index contributed by atoms with van der Waals surface area (Å²) in [5.74, 6) is -0.179. The summed E-state index contributed by atoms with van der Waals surface area (Å²) in [5.41, 5.74) is 1.09. The second-order valence-electron chi connectivity index (χ2n) is 7.91. The van der Waals surface area contributed by atoms with Crippen LogP contribution in [-0.2, 0) is 16.1 Å². The zero-order valence-corrected chi connectivity index (χ0v) is 18.5. The average molecular weight is 404 g/mol. The van der Waals surface area contributed by atoms with Crippen LogP contribution in [0, 0.1) is 5.92 Å². The van der Waals surface area contributed by atoms with Gasteiger partial charge < -0.3 is 19.5 Å². The quantitative estimate of drug-likeness (QED) is 0.380. The molecular formula is C24H37NO4. The molecule has 0 aromatic heterocycles. The molecule has 0 aliphatic carbocycles. The summed E-state index contributed by atoms with van der Waals surface area (Å²) in [6.45, 7) is 14.0. The fourth-order valence-corrected chi connectivity index (χ4v) is 3.12. The zero-order chi connectivity index (χ0) is 21.8. The minimum Gasteiger partial charge on any atom is -0.418 e. The van der Waals surface area contributed by atoms with Crippen molar-refractivity contribution in [3.8, 4) is 0 Å². The van der Waals surface area contributed by atoms with E-state index >= 15 is 0 Å². The second-order valence-corrected chi connectivity index (χ2v) is 7.91. The number of benzene rings is 1. The van der Waals surface area contributed by atoms with Gasteiger partial charge in [0.05, 0.1) is 25.1 Å². The van der Waals surface area contributed by atoms with Crippen molar-refractivity contribution in [3.63, 3.8) is 0 Å². The van der Waals surface area contributed by atoms with E-state index in [0.29, 0.717) is 19.4 Å². The Labute approximate surface area is 176 Å².